The Kier molecular flexibility index (Phi) is 7.28. The van der Waals surface area contributed by atoms with Gasteiger partial charge in [-0.3, -0.25) is 9.80 Å². The number of halogens is 1. The van der Waals surface area contributed by atoms with Crippen LogP contribution in [0.5, 0.6) is 0 Å². The SMILES string of the molecule is C[C@@H]1CN(c2ncc(C#N)cn2)C[C@H](C)N1CCC1CCN(Cc2cccnc2F)CC1. The number of nitriles is 1. The first-order valence-corrected chi connectivity index (χ1v) is 11.6. The molecule has 32 heavy (non-hydrogen) atoms. The standard InChI is InChI=1S/C24H32FN7/c1-18-15-31(24-28-13-21(12-26)14-29-24)16-19(2)32(18)11-7-20-5-9-30(10-6-20)17-22-4-3-8-27-23(22)25/h3-4,8,13-14,18-20H,5-7,9-11,15-17H2,1-2H3/t18-,19+. The Morgan fingerprint density at radius 1 is 1.09 bits per heavy atom. The summed E-state index contributed by atoms with van der Waals surface area (Å²) in [6.45, 7) is 10.1. The Balaban J connectivity index is 1.23. The monoisotopic (exact) mass is 437 g/mol. The van der Waals surface area contributed by atoms with Gasteiger partial charge < -0.3 is 4.90 Å². The number of pyridine rings is 1. The lowest BCUT2D eigenvalue weighted by Gasteiger charge is -2.45. The van der Waals surface area contributed by atoms with Crippen LogP contribution in [0.25, 0.3) is 0 Å². The summed E-state index contributed by atoms with van der Waals surface area (Å²) in [5, 5.41) is 8.95. The number of rotatable bonds is 6. The van der Waals surface area contributed by atoms with Gasteiger partial charge in [0.1, 0.15) is 6.07 Å². The predicted molar refractivity (Wildman–Crippen MR) is 121 cm³/mol. The molecule has 8 heteroatoms. The summed E-state index contributed by atoms with van der Waals surface area (Å²) in [5.74, 6) is 1.09. The van der Waals surface area contributed by atoms with E-state index in [1.807, 2.05) is 6.07 Å². The fourth-order valence-corrected chi connectivity index (χ4v) is 5.05. The van der Waals surface area contributed by atoms with Crippen molar-refractivity contribution in [3.8, 4) is 6.07 Å². The Morgan fingerprint density at radius 2 is 1.78 bits per heavy atom. The normalized spacial score (nSPS) is 23.2. The van der Waals surface area contributed by atoms with E-state index >= 15 is 0 Å². The maximum atomic E-state index is 13.8. The molecule has 0 aromatic carbocycles. The molecule has 0 unspecified atom stereocenters. The summed E-state index contributed by atoms with van der Waals surface area (Å²) in [6.07, 6.45) is 8.24. The second-order valence-corrected chi connectivity index (χ2v) is 9.19. The van der Waals surface area contributed by atoms with Gasteiger partial charge in [0.15, 0.2) is 0 Å². The Labute approximate surface area is 189 Å². The van der Waals surface area contributed by atoms with Gasteiger partial charge >= 0.3 is 0 Å². The van der Waals surface area contributed by atoms with E-state index in [4.69, 9.17) is 5.26 Å². The molecule has 0 bridgehead atoms. The molecule has 0 amide bonds. The molecule has 4 heterocycles. The van der Waals surface area contributed by atoms with Crippen LogP contribution in [0.1, 0.15) is 44.2 Å². The first kappa shape index (κ1) is 22.6. The third kappa shape index (κ3) is 5.40. The fourth-order valence-electron chi connectivity index (χ4n) is 5.05. The zero-order valence-corrected chi connectivity index (χ0v) is 19.0. The third-order valence-corrected chi connectivity index (χ3v) is 6.88. The summed E-state index contributed by atoms with van der Waals surface area (Å²) in [5.41, 5.74) is 1.18. The van der Waals surface area contributed by atoms with E-state index in [0.29, 0.717) is 35.7 Å². The molecule has 2 aromatic rings. The van der Waals surface area contributed by atoms with Gasteiger partial charge in [-0.2, -0.15) is 9.65 Å². The lowest BCUT2D eigenvalue weighted by Crippen LogP contribution is -2.57. The van der Waals surface area contributed by atoms with E-state index in [0.717, 1.165) is 38.6 Å². The van der Waals surface area contributed by atoms with Gasteiger partial charge in [-0.05, 0) is 64.7 Å². The number of aromatic nitrogens is 3. The largest absolute Gasteiger partial charge is 0.338 e. The van der Waals surface area contributed by atoms with E-state index < -0.39 is 0 Å². The van der Waals surface area contributed by atoms with Gasteiger partial charge in [0.25, 0.3) is 0 Å². The molecule has 2 fully saturated rings. The second kappa shape index (κ2) is 10.3. The average Bonchev–Trinajstić information content (AvgIpc) is 2.81. The first-order chi connectivity index (χ1) is 15.5. The molecular weight excluding hydrogens is 405 g/mol. The van der Waals surface area contributed by atoms with Crippen molar-refractivity contribution < 1.29 is 4.39 Å². The molecule has 0 radical (unpaired) electrons. The van der Waals surface area contributed by atoms with Crippen LogP contribution in [0.4, 0.5) is 10.3 Å². The molecule has 0 spiro atoms. The van der Waals surface area contributed by atoms with Crippen LogP contribution in [-0.2, 0) is 6.54 Å². The van der Waals surface area contributed by atoms with E-state index in [-0.39, 0.29) is 5.95 Å². The number of hydrogen-bond acceptors (Lipinski definition) is 7. The molecule has 2 saturated heterocycles. The van der Waals surface area contributed by atoms with Crippen molar-refractivity contribution in [2.45, 2.75) is 51.7 Å². The predicted octanol–water partition coefficient (Wildman–Crippen LogP) is 3.08. The highest BCUT2D eigenvalue weighted by Gasteiger charge is 2.31. The zero-order valence-electron chi connectivity index (χ0n) is 19.0. The highest BCUT2D eigenvalue weighted by molar-refractivity contribution is 5.34. The van der Waals surface area contributed by atoms with Crippen molar-refractivity contribution in [1.82, 2.24) is 24.8 Å². The summed E-state index contributed by atoms with van der Waals surface area (Å²) in [4.78, 5) is 19.7. The van der Waals surface area contributed by atoms with Crippen molar-refractivity contribution >= 4 is 5.95 Å². The average molecular weight is 438 g/mol. The van der Waals surface area contributed by atoms with Gasteiger partial charge in [-0.1, -0.05) is 6.07 Å². The Morgan fingerprint density at radius 3 is 2.41 bits per heavy atom. The minimum Gasteiger partial charge on any atom is -0.338 e. The number of nitrogens with zero attached hydrogens (tertiary/aromatic N) is 7. The van der Waals surface area contributed by atoms with E-state index in [1.54, 1.807) is 18.5 Å². The van der Waals surface area contributed by atoms with Crippen LogP contribution in [0, 0.1) is 23.2 Å². The van der Waals surface area contributed by atoms with Crippen LogP contribution in [0.2, 0.25) is 0 Å². The van der Waals surface area contributed by atoms with Gasteiger partial charge in [-0.25, -0.2) is 15.0 Å². The van der Waals surface area contributed by atoms with Gasteiger partial charge in [0, 0.05) is 43.5 Å². The Bertz CT molecular complexity index is 909. The summed E-state index contributed by atoms with van der Waals surface area (Å²) < 4.78 is 13.8. The maximum Gasteiger partial charge on any atom is 0.225 e. The highest BCUT2D eigenvalue weighted by Crippen LogP contribution is 2.25. The summed E-state index contributed by atoms with van der Waals surface area (Å²) in [6, 6.07) is 6.56. The van der Waals surface area contributed by atoms with Crippen LogP contribution in [0.15, 0.2) is 30.7 Å². The van der Waals surface area contributed by atoms with Crippen LogP contribution < -0.4 is 4.90 Å². The molecule has 7 nitrogen and oxygen atoms in total. The van der Waals surface area contributed by atoms with E-state index in [9.17, 15) is 4.39 Å². The van der Waals surface area contributed by atoms with Gasteiger partial charge in [0.05, 0.1) is 18.0 Å². The second-order valence-electron chi connectivity index (χ2n) is 9.19. The summed E-state index contributed by atoms with van der Waals surface area (Å²) >= 11 is 0. The minimum absolute atomic E-state index is 0.344. The molecule has 2 aliphatic heterocycles. The van der Waals surface area contributed by atoms with E-state index in [2.05, 4.69) is 49.6 Å². The Hall–Kier alpha value is -2.63. The topological polar surface area (TPSA) is 72.2 Å². The van der Waals surface area contributed by atoms with Crippen molar-refractivity contribution in [3.05, 3.63) is 47.8 Å². The molecule has 170 valence electrons. The maximum absolute atomic E-state index is 13.8. The van der Waals surface area contributed by atoms with Crippen LogP contribution >= 0.6 is 0 Å². The van der Waals surface area contributed by atoms with Crippen molar-refractivity contribution in [2.24, 2.45) is 5.92 Å². The third-order valence-electron chi connectivity index (χ3n) is 6.88. The number of likely N-dealkylation sites (tertiary alicyclic amines) is 1. The van der Waals surface area contributed by atoms with Gasteiger partial charge in [-0.15, -0.1) is 0 Å². The quantitative estimate of drug-likeness (QED) is 0.643. The molecule has 2 aliphatic rings. The van der Waals surface area contributed by atoms with Crippen molar-refractivity contribution in [1.29, 1.82) is 5.26 Å². The van der Waals surface area contributed by atoms with Crippen LogP contribution in [0.3, 0.4) is 0 Å². The number of piperidine rings is 1. The molecule has 0 saturated carbocycles. The van der Waals surface area contributed by atoms with Crippen LogP contribution in [-0.4, -0.2) is 69.6 Å². The fraction of sp³-hybridized carbons (Fsp3) is 0.583. The van der Waals surface area contributed by atoms with E-state index in [1.165, 1.54) is 25.5 Å². The van der Waals surface area contributed by atoms with Crippen molar-refractivity contribution in [2.75, 3.05) is 37.6 Å². The zero-order chi connectivity index (χ0) is 22.5. The smallest absolute Gasteiger partial charge is 0.225 e. The number of piperazine rings is 1. The minimum atomic E-state index is -0.344. The molecule has 0 N–H and O–H groups in total. The van der Waals surface area contributed by atoms with Gasteiger partial charge in [0.2, 0.25) is 11.9 Å². The number of hydrogen-bond donors (Lipinski definition) is 0. The molecular formula is C24H32FN7. The molecule has 4 rings (SSSR count). The number of anilines is 1. The lowest BCUT2D eigenvalue weighted by atomic mass is 9.92. The van der Waals surface area contributed by atoms with Crippen molar-refractivity contribution in [3.63, 3.8) is 0 Å². The molecule has 2 aromatic heterocycles. The highest BCUT2D eigenvalue weighted by atomic mass is 19.1. The summed E-state index contributed by atoms with van der Waals surface area (Å²) in [7, 11) is 0. The lowest BCUT2D eigenvalue weighted by molar-refractivity contribution is 0.106. The first-order valence-electron chi connectivity index (χ1n) is 11.6. The molecule has 2 atom stereocenters. The molecule has 0 aliphatic carbocycles.